The maximum absolute atomic E-state index is 13.6. The van der Waals surface area contributed by atoms with E-state index < -0.39 is 56.4 Å². The molecule has 21 heteroatoms. The summed E-state index contributed by atoms with van der Waals surface area (Å²) in [6.45, 7) is 9.88. The number of nitrogens with zero attached hydrogens (tertiary/aromatic N) is 4. The largest absolute Gasteiger partial charge is 0.448 e. The van der Waals surface area contributed by atoms with E-state index in [0.29, 0.717) is 81.3 Å². The first-order chi connectivity index (χ1) is 41.6. The molecule has 6 saturated carbocycles. The van der Waals surface area contributed by atoms with Crippen molar-refractivity contribution in [3.05, 3.63) is 106 Å². The standard InChI is InChI=1S/C35H44FN3O7S.C31H39N3O5S/c1-33-16-22-18-38-39(24-7-5-6-21(14-24)31(42)37-12-13-44-3)27(22)15-23(33)8-9-25-26-10-11-35(32(43)47-20-36,46-29(41)19-45-4)34(26,2)17-28(40)30(25)33;1-29-15-19-17-33-34(21-6-4-5-18(13-21)27(36)32-11-12-39-3)24(19)14-20(29)7-8-22-23-9-10-31(38,28(37)40)30(23,2)16-25(35)26(22)29/h5-7,14-15,18,25-26,28,30,40H,8-13,16-17,19-20H2,1-4H3,(H,37,42);4-6,13-14,17,22-23,25-26,35,38H,7-12,15-16H2,1-3H3,(H,32,36)(H,37,40)/t25-,26-,28-,30+,33-,34-,35-;22-,23-,25-,26+,29-,30-,31-/m00/s1. The highest BCUT2D eigenvalue weighted by Gasteiger charge is 2.71. The van der Waals surface area contributed by atoms with Crippen LogP contribution < -0.4 is 10.6 Å². The van der Waals surface area contributed by atoms with Gasteiger partial charge in [-0.15, -0.1) is 12.6 Å². The highest BCUT2D eigenvalue weighted by molar-refractivity contribution is 8.13. The summed E-state index contributed by atoms with van der Waals surface area (Å²) in [5.74, 6) is -0.539. The van der Waals surface area contributed by atoms with Crippen LogP contribution >= 0.6 is 24.4 Å². The molecule has 0 unspecified atom stereocenters. The summed E-state index contributed by atoms with van der Waals surface area (Å²) in [5.41, 5.74) is 4.36. The molecule has 18 nitrogen and oxygen atoms in total. The molecule has 12 rings (SSSR count). The molecule has 468 valence electrons. The van der Waals surface area contributed by atoms with Crippen molar-refractivity contribution in [1.82, 2.24) is 30.2 Å². The van der Waals surface area contributed by atoms with Crippen molar-refractivity contribution in [1.29, 1.82) is 0 Å². The lowest BCUT2D eigenvalue weighted by Gasteiger charge is -2.60. The van der Waals surface area contributed by atoms with Crippen molar-refractivity contribution < 1.29 is 62.6 Å². The van der Waals surface area contributed by atoms with Crippen LogP contribution in [0.3, 0.4) is 0 Å². The van der Waals surface area contributed by atoms with E-state index in [1.807, 2.05) is 72.0 Å². The van der Waals surface area contributed by atoms with Crippen molar-refractivity contribution in [2.24, 2.45) is 57.2 Å². The van der Waals surface area contributed by atoms with Gasteiger partial charge in [-0.05, 0) is 195 Å². The van der Waals surface area contributed by atoms with Gasteiger partial charge in [-0.3, -0.25) is 19.2 Å². The molecular weight excluding hydrogens is 1150 g/mol. The number of alkyl halides is 1. The molecule has 2 heterocycles. The van der Waals surface area contributed by atoms with E-state index in [2.05, 4.69) is 49.3 Å². The molecule has 4 aromatic rings. The smallest absolute Gasteiger partial charge is 0.333 e. The number of thiol groups is 1. The third-order valence-corrected chi connectivity index (χ3v) is 23.5. The van der Waals surface area contributed by atoms with E-state index >= 15 is 0 Å². The maximum atomic E-state index is 13.6. The second-order valence-electron chi connectivity index (χ2n) is 26.6. The zero-order valence-electron chi connectivity index (χ0n) is 50.8. The Balaban J connectivity index is 0.000000182. The van der Waals surface area contributed by atoms with E-state index in [9.17, 15) is 43.7 Å². The average molecular weight is 1240 g/mol. The Hall–Kier alpha value is -5.52. The van der Waals surface area contributed by atoms with Crippen LogP contribution in [0.2, 0.25) is 0 Å². The number of fused-ring (bicyclic) bond motifs is 12. The number of hydrogen-bond donors (Lipinski definition) is 6. The summed E-state index contributed by atoms with van der Waals surface area (Å²) in [6.07, 6.45) is 14.6. The molecule has 14 atom stereocenters. The summed E-state index contributed by atoms with van der Waals surface area (Å²) in [6, 6.07) is 14.0. The number of rotatable bonds is 16. The fourth-order valence-corrected chi connectivity index (χ4v) is 19.5. The van der Waals surface area contributed by atoms with Crippen LogP contribution in [0.5, 0.6) is 0 Å². The van der Waals surface area contributed by atoms with E-state index in [0.717, 1.165) is 72.4 Å². The Bertz CT molecular complexity index is 3410. The SMILES string of the molecule is COCCNC(=O)c1cccc(-n2ncc3c2C=C2CC[C@@H]4[C@H]([C@@H](O)C[C@@]5(C)[C@H]4CC[C@]5(O)C(=O)S)[C@@]2(C)C3)c1.COCCNC(=O)c1cccc(-n2ncc3c2C=C2CC[C@@H]4[C@H]([C@@H](O)C[C@@]5(C)[C@H]4CC[C@]5(OC(=O)COC)C(=O)SCF)[C@@]2(C)C3)c1. The third-order valence-electron chi connectivity index (χ3n) is 22.4. The van der Waals surface area contributed by atoms with Crippen LogP contribution in [0, 0.1) is 57.2 Å². The summed E-state index contributed by atoms with van der Waals surface area (Å²) in [5, 5.41) is 49.4. The molecule has 87 heavy (non-hydrogen) atoms. The number of amides is 2. The first-order valence-electron chi connectivity index (χ1n) is 30.6. The van der Waals surface area contributed by atoms with Crippen LogP contribution in [-0.2, 0) is 46.2 Å². The van der Waals surface area contributed by atoms with Crippen LogP contribution in [0.1, 0.15) is 135 Å². The van der Waals surface area contributed by atoms with Crippen molar-refractivity contribution in [3.63, 3.8) is 0 Å². The lowest BCUT2D eigenvalue weighted by molar-refractivity contribution is -0.198. The fourth-order valence-electron chi connectivity index (χ4n) is 18.5. The number of thioether (sulfide) groups is 1. The number of hydrogen-bond acceptors (Lipinski definition) is 15. The number of halogens is 1. The van der Waals surface area contributed by atoms with Gasteiger partial charge in [0.25, 0.3) is 11.8 Å². The van der Waals surface area contributed by atoms with Gasteiger partial charge in [-0.25, -0.2) is 18.5 Å². The minimum Gasteiger partial charge on any atom is -0.448 e. The van der Waals surface area contributed by atoms with Gasteiger partial charge in [-0.2, -0.15) is 10.2 Å². The number of aliphatic hydroxyl groups is 3. The monoisotopic (exact) mass is 1230 g/mol. The van der Waals surface area contributed by atoms with Gasteiger partial charge >= 0.3 is 5.97 Å². The number of aliphatic hydroxyl groups excluding tert-OH is 2. The predicted molar refractivity (Wildman–Crippen MR) is 329 cm³/mol. The molecule has 0 saturated heterocycles. The quantitative estimate of drug-likeness (QED) is 0.0353. The number of carbonyl (C=O) groups is 5. The maximum Gasteiger partial charge on any atom is 0.333 e. The predicted octanol–water partition coefficient (Wildman–Crippen LogP) is 8.11. The normalized spacial score (nSPS) is 34.1. The van der Waals surface area contributed by atoms with Gasteiger partial charge in [0.2, 0.25) is 10.2 Å². The van der Waals surface area contributed by atoms with Crippen molar-refractivity contribution in [2.75, 3.05) is 60.2 Å². The Morgan fingerprint density at radius 2 is 1.18 bits per heavy atom. The Kier molecular flexibility index (Phi) is 17.7. The van der Waals surface area contributed by atoms with Crippen molar-refractivity contribution in [2.45, 2.75) is 128 Å². The zero-order chi connectivity index (χ0) is 62.0. The minimum absolute atomic E-state index is 0.00989. The molecule has 8 aliphatic rings. The summed E-state index contributed by atoms with van der Waals surface area (Å²) in [4.78, 5) is 64.1. The van der Waals surface area contributed by atoms with Gasteiger partial charge in [0, 0.05) is 56.4 Å². The number of carbonyl (C=O) groups excluding carboxylic acids is 5. The topological polar surface area (TPSA) is 243 Å². The fraction of sp³-hybridized carbons (Fsp3) is 0.591. The summed E-state index contributed by atoms with van der Waals surface area (Å²) in [7, 11) is 4.58. The number of nitrogens with one attached hydrogen (secondary N) is 2. The van der Waals surface area contributed by atoms with E-state index in [1.165, 1.54) is 18.3 Å². The summed E-state index contributed by atoms with van der Waals surface area (Å²) >= 11 is 4.61. The molecule has 2 aromatic heterocycles. The van der Waals surface area contributed by atoms with Gasteiger partial charge in [0.1, 0.15) is 18.2 Å². The first-order valence-corrected chi connectivity index (χ1v) is 32.1. The highest BCUT2D eigenvalue weighted by atomic mass is 32.2. The highest BCUT2D eigenvalue weighted by Crippen LogP contribution is 2.70. The molecule has 6 fully saturated rings. The Morgan fingerprint density at radius 3 is 1.66 bits per heavy atom. The zero-order valence-corrected chi connectivity index (χ0v) is 52.5. The number of methoxy groups -OCH3 is 3. The molecule has 2 aromatic carbocycles. The lowest BCUT2D eigenvalue weighted by Crippen LogP contribution is -2.62. The number of aromatic nitrogens is 4. The van der Waals surface area contributed by atoms with Gasteiger partial charge in [0.15, 0.2) is 5.60 Å². The molecule has 8 aliphatic carbocycles. The van der Waals surface area contributed by atoms with Crippen molar-refractivity contribution in [3.8, 4) is 11.4 Å². The van der Waals surface area contributed by atoms with Crippen molar-refractivity contribution >= 4 is 64.6 Å². The third kappa shape index (κ3) is 10.5. The second kappa shape index (κ2) is 24.4. The van der Waals surface area contributed by atoms with Crippen LogP contribution in [-0.4, -0.2) is 147 Å². The Morgan fingerprint density at radius 1 is 0.701 bits per heavy atom. The molecule has 0 radical (unpaired) electrons. The number of ether oxygens (including phenoxy) is 4. The van der Waals surface area contributed by atoms with Crippen LogP contribution in [0.4, 0.5) is 4.39 Å². The van der Waals surface area contributed by atoms with Crippen LogP contribution in [0.25, 0.3) is 23.5 Å². The van der Waals surface area contributed by atoms with Gasteiger partial charge < -0.3 is 44.9 Å². The molecule has 0 bridgehead atoms. The molecule has 0 spiro atoms. The molecular formula is C66H83FN6O12S2. The molecule has 5 N–H and O–H groups in total. The van der Waals surface area contributed by atoms with Gasteiger partial charge in [0.05, 0.1) is 60.6 Å². The van der Waals surface area contributed by atoms with E-state index in [4.69, 9.17) is 29.1 Å². The molecule has 0 aliphatic heterocycles. The average Bonchev–Trinajstić information content (AvgIpc) is 1.69. The summed E-state index contributed by atoms with van der Waals surface area (Å²) < 4.78 is 38.3. The first kappa shape index (κ1) is 63.1. The van der Waals surface area contributed by atoms with E-state index in [1.54, 1.807) is 26.4 Å². The number of benzene rings is 2. The lowest BCUT2D eigenvalue weighted by atomic mass is 9.45. The minimum atomic E-state index is -1.52. The van der Waals surface area contributed by atoms with Gasteiger partial charge in [-0.1, -0.05) is 51.0 Å². The number of esters is 1. The Labute approximate surface area is 517 Å². The van der Waals surface area contributed by atoms with Crippen LogP contribution in [0.15, 0.2) is 72.1 Å². The number of allylic oxidation sites excluding steroid dienone is 2. The molecule has 2 amide bonds. The second-order valence-corrected chi connectivity index (χ2v) is 27.9. The van der Waals surface area contributed by atoms with E-state index in [-0.39, 0.29) is 71.2 Å².